The third kappa shape index (κ3) is 2.05. The van der Waals surface area contributed by atoms with E-state index in [1.54, 1.807) is 13.0 Å². The standard InChI is InChI=1S/C11H11N7O/c1-6-7(3-17-18-10(16)19)9(15)8(2-12)11(6,4-13)5-14/h3,6-7H,15H2,1H3,(H3,16,18,19)/b17-3-/t6-,7+/m0/s1. The van der Waals surface area contributed by atoms with Gasteiger partial charge in [-0.1, -0.05) is 6.92 Å². The van der Waals surface area contributed by atoms with Crippen molar-refractivity contribution in [2.75, 3.05) is 0 Å². The van der Waals surface area contributed by atoms with Crippen LogP contribution in [0, 0.1) is 51.2 Å². The van der Waals surface area contributed by atoms with E-state index >= 15 is 0 Å². The second-order valence-corrected chi connectivity index (χ2v) is 4.04. The van der Waals surface area contributed by atoms with Crippen LogP contribution in [0.25, 0.3) is 0 Å². The first-order chi connectivity index (χ1) is 8.94. The van der Waals surface area contributed by atoms with Crippen LogP contribution < -0.4 is 16.9 Å². The molecule has 96 valence electrons. The molecule has 0 bridgehead atoms. The first-order valence-corrected chi connectivity index (χ1v) is 5.26. The largest absolute Gasteiger partial charge is 0.401 e. The summed E-state index contributed by atoms with van der Waals surface area (Å²) in [6.07, 6.45) is 1.26. The number of allylic oxidation sites excluding steroid dienone is 2. The summed E-state index contributed by atoms with van der Waals surface area (Å²) in [4.78, 5) is 10.5. The number of nitrogens with one attached hydrogen (secondary N) is 1. The number of primary amides is 1. The first-order valence-electron chi connectivity index (χ1n) is 5.26. The average molecular weight is 257 g/mol. The summed E-state index contributed by atoms with van der Waals surface area (Å²) in [6.45, 7) is 1.62. The summed E-state index contributed by atoms with van der Waals surface area (Å²) >= 11 is 0. The lowest BCUT2D eigenvalue weighted by Crippen LogP contribution is -2.29. The number of amides is 2. The fourth-order valence-corrected chi connectivity index (χ4v) is 2.04. The normalized spacial score (nSPS) is 24.5. The molecule has 0 spiro atoms. The van der Waals surface area contributed by atoms with Crippen molar-refractivity contribution in [2.45, 2.75) is 6.92 Å². The van der Waals surface area contributed by atoms with E-state index in [0.29, 0.717) is 0 Å². The van der Waals surface area contributed by atoms with Gasteiger partial charge in [0.1, 0.15) is 0 Å². The number of nitrogens with two attached hydrogens (primary N) is 2. The van der Waals surface area contributed by atoms with Crippen molar-refractivity contribution in [1.29, 1.82) is 15.8 Å². The number of carbonyl (C=O) groups is 1. The Bertz CT molecular complexity index is 570. The topological polar surface area (TPSA) is 165 Å². The van der Waals surface area contributed by atoms with Crippen LogP contribution in [0.3, 0.4) is 0 Å². The molecule has 0 aromatic rings. The summed E-state index contributed by atoms with van der Waals surface area (Å²) < 4.78 is 0. The van der Waals surface area contributed by atoms with E-state index in [0.717, 1.165) is 0 Å². The molecule has 0 aromatic heterocycles. The van der Waals surface area contributed by atoms with Crippen molar-refractivity contribution in [3.8, 4) is 18.2 Å². The van der Waals surface area contributed by atoms with E-state index in [1.165, 1.54) is 6.21 Å². The molecule has 2 atom stereocenters. The molecule has 5 N–H and O–H groups in total. The van der Waals surface area contributed by atoms with Crippen LogP contribution in [0.4, 0.5) is 4.79 Å². The Morgan fingerprint density at radius 2 is 2.05 bits per heavy atom. The van der Waals surface area contributed by atoms with Gasteiger partial charge in [-0.25, -0.2) is 10.2 Å². The lowest BCUT2D eigenvalue weighted by Gasteiger charge is -2.20. The minimum absolute atomic E-state index is 0.0690. The zero-order valence-corrected chi connectivity index (χ0v) is 10.1. The molecule has 0 aromatic carbocycles. The molecule has 0 heterocycles. The number of hydrogen-bond acceptors (Lipinski definition) is 6. The highest BCUT2D eigenvalue weighted by Gasteiger charge is 2.52. The SMILES string of the molecule is C[C@H]1[C@@H](/C=N\NC(N)=O)C(N)=C(C#N)C1(C#N)C#N. The number of rotatable bonds is 2. The zero-order valence-electron chi connectivity index (χ0n) is 10.1. The van der Waals surface area contributed by atoms with Crippen LogP contribution in [0.1, 0.15) is 6.92 Å². The number of nitriles is 3. The molecule has 0 radical (unpaired) electrons. The highest BCUT2D eigenvalue weighted by molar-refractivity contribution is 5.75. The van der Waals surface area contributed by atoms with E-state index in [9.17, 15) is 15.3 Å². The maximum Gasteiger partial charge on any atom is 0.332 e. The Kier molecular flexibility index (Phi) is 3.74. The molecule has 0 fully saturated rings. The number of urea groups is 1. The molecule has 0 saturated heterocycles. The molecule has 8 nitrogen and oxygen atoms in total. The van der Waals surface area contributed by atoms with Crippen LogP contribution in [-0.2, 0) is 0 Å². The maximum atomic E-state index is 10.5. The maximum absolute atomic E-state index is 10.5. The Labute approximate surface area is 109 Å². The number of carbonyl (C=O) groups excluding carboxylic acids is 1. The van der Waals surface area contributed by atoms with Crippen molar-refractivity contribution in [3.63, 3.8) is 0 Å². The third-order valence-electron chi connectivity index (χ3n) is 3.14. The smallest absolute Gasteiger partial charge is 0.332 e. The molecular weight excluding hydrogens is 246 g/mol. The van der Waals surface area contributed by atoms with Crippen LogP contribution in [0.15, 0.2) is 16.4 Å². The minimum atomic E-state index is -1.59. The third-order valence-corrected chi connectivity index (χ3v) is 3.14. The molecule has 0 saturated carbocycles. The van der Waals surface area contributed by atoms with Crippen molar-refractivity contribution in [3.05, 3.63) is 11.3 Å². The molecule has 1 aliphatic carbocycles. The highest BCUT2D eigenvalue weighted by Crippen LogP contribution is 2.47. The molecule has 1 aliphatic rings. The number of hydrogen-bond donors (Lipinski definition) is 3. The molecule has 1 rings (SSSR count). The molecule has 0 aliphatic heterocycles. The van der Waals surface area contributed by atoms with Crippen molar-refractivity contribution in [2.24, 2.45) is 33.8 Å². The second kappa shape index (κ2) is 5.07. The molecule has 19 heavy (non-hydrogen) atoms. The summed E-state index contributed by atoms with van der Waals surface area (Å²) in [6, 6.07) is 4.64. The highest BCUT2D eigenvalue weighted by atomic mass is 16.2. The summed E-state index contributed by atoms with van der Waals surface area (Å²) in [5.74, 6) is -1.16. The van der Waals surface area contributed by atoms with Gasteiger partial charge in [0, 0.05) is 23.7 Å². The Hall–Kier alpha value is -3.05. The first kappa shape index (κ1) is 14.0. The van der Waals surface area contributed by atoms with Gasteiger partial charge in [-0.15, -0.1) is 0 Å². The van der Waals surface area contributed by atoms with Gasteiger partial charge in [0.05, 0.1) is 23.8 Å². The van der Waals surface area contributed by atoms with Gasteiger partial charge in [0.2, 0.25) is 0 Å². The van der Waals surface area contributed by atoms with E-state index in [-0.39, 0.29) is 11.3 Å². The van der Waals surface area contributed by atoms with E-state index in [2.05, 4.69) is 5.10 Å². The van der Waals surface area contributed by atoms with Crippen molar-refractivity contribution < 1.29 is 4.79 Å². The quantitative estimate of drug-likeness (QED) is 0.454. The van der Waals surface area contributed by atoms with E-state index in [4.69, 9.17) is 16.7 Å². The fraction of sp³-hybridized carbons (Fsp3) is 0.364. The van der Waals surface area contributed by atoms with Crippen molar-refractivity contribution >= 4 is 12.2 Å². The number of nitrogens with zero attached hydrogens (tertiary/aromatic N) is 4. The van der Waals surface area contributed by atoms with Gasteiger partial charge in [-0.3, -0.25) is 0 Å². The Morgan fingerprint density at radius 3 is 2.42 bits per heavy atom. The second-order valence-electron chi connectivity index (χ2n) is 4.04. The molecule has 2 amide bonds. The lowest BCUT2D eigenvalue weighted by molar-refractivity contribution is 0.249. The Balaban J connectivity index is 3.21. The van der Waals surface area contributed by atoms with Crippen LogP contribution in [0.5, 0.6) is 0 Å². The summed E-state index contributed by atoms with van der Waals surface area (Å²) in [7, 11) is 0. The lowest BCUT2D eigenvalue weighted by atomic mass is 9.75. The van der Waals surface area contributed by atoms with Gasteiger partial charge >= 0.3 is 6.03 Å². The minimum Gasteiger partial charge on any atom is -0.401 e. The van der Waals surface area contributed by atoms with Crippen LogP contribution >= 0.6 is 0 Å². The van der Waals surface area contributed by atoms with Gasteiger partial charge in [-0.2, -0.15) is 20.9 Å². The Morgan fingerprint density at radius 1 is 1.47 bits per heavy atom. The summed E-state index contributed by atoms with van der Waals surface area (Å²) in [5.41, 5.74) is 11.1. The summed E-state index contributed by atoms with van der Waals surface area (Å²) in [5, 5.41) is 31.0. The van der Waals surface area contributed by atoms with Gasteiger partial charge in [0.25, 0.3) is 0 Å². The molecule has 0 unspecified atom stereocenters. The fourth-order valence-electron chi connectivity index (χ4n) is 2.04. The number of hydrazone groups is 1. The van der Waals surface area contributed by atoms with Gasteiger partial charge in [-0.05, 0) is 0 Å². The monoisotopic (exact) mass is 257 g/mol. The van der Waals surface area contributed by atoms with Crippen LogP contribution in [-0.4, -0.2) is 12.2 Å². The van der Waals surface area contributed by atoms with Gasteiger partial charge in [0.15, 0.2) is 5.41 Å². The molecular formula is C11H11N7O. The van der Waals surface area contributed by atoms with E-state index in [1.807, 2.05) is 17.6 Å². The molecule has 8 heteroatoms. The van der Waals surface area contributed by atoms with Crippen LogP contribution in [0.2, 0.25) is 0 Å². The average Bonchev–Trinajstić information content (AvgIpc) is 2.58. The van der Waals surface area contributed by atoms with Gasteiger partial charge < -0.3 is 11.5 Å². The van der Waals surface area contributed by atoms with E-state index < -0.39 is 23.3 Å². The predicted molar refractivity (Wildman–Crippen MR) is 64.4 cm³/mol. The predicted octanol–water partition coefficient (Wildman–Crippen LogP) is -0.324. The van der Waals surface area contributed by atoms with Crippen molar-refractivity contribution in [1.82, 2.24) is 5.43 Å². The zero-order chi connectivity index (χ0) is 14.6.